The maximum Gasteiger partial charge on any atom is 0.184 e. The molecule has 2 rings (SSSR count). The highest BCUT2D eigenvalue weighted by molar-refractivity contribution is 6.33. The molecule has 210 valence electrons. The summed E-state index contributed by atoms with van der Waals surface area (Å²) in [7, 11) is 0. The smallest absolute Gasteiger partial charge is 0.184 e. The second-order valence-corrected chi connectivity index (χ2v) is 13.1. The van der Waals surface area contributed by atoms with Crippen molar-refractivity contribution in [1.29, 1.82) is 0 Å². The number of Topliss-reactive ketones (excluding diaryl/α,β-unsaturated/α-hetero) is 3. The molecule has 1 fully saturated rings. The summed E-state index contributed by atoms with van der Waals surface area (Å²) in [6.45, 7) is 21.5. The molecule has 4 atom stereocenters. The molecule has 0 amide bonds. The molecule has 0 saturated heterocycles. The number of rotatable bonds is 10. The average Bonchev–Trinajstić information content (AvgIpc) is 2.80. The molecule has 4 heteroatoms. The number of fused-ring (bicyclic) bond motifs is 2. The Hall–Kier alpha value is -2.49. The molecule has 1 saturated carbocycles. The van der Waals surface area contributed by atoms with Gasteiger partial charge in [0.05, 0.1) is 5.41 Å². The average molecular weight is 523 g/mol. The Morgan fingerprint density at radius 2 is 1.37 bits per heavy atom. The first-order valence-corrected chi connectivity index (χ1v) is 14.1. The fraction of sp³-hybridized carbons (Fsp3) is 0.618. The minimum absolute atomic E-state index is 0.124. The van der Waals surface area contributed by atoms with E-state index < -0.39 is 33.7 Å². The van der Waals surface area contributed by atoms with Crippen molar-refractivity contribution in [1.82, 2.24) is 0 Å². The van der Waals surface area contributed by atoms with Gasteiger partial charge in [0.25, 0.3) is 0 Å². The number of hydrogen-bond acceptors (Lipinski definition) is 4. The van der Waals surface area contributed by atoms with Crippen LogP contribution in [0.15, 0.2) is 57.9 Å². The lowest BCUT2D eigenvalue weighted by Gasteiger charge is -2.61. The first-order chi connectivity index (χ1) is 17.5. The first-order valence-electron chi connectivity index (χ1n) is 14.1. The lowest BCUT2D eigenvalue weighted by atomic mass is 9.38. The molecule has 38 heavy (non-hydrogen) atoms. The monoisotopic (exact) mass is 522 g/mol. The fourth-order valence-corrected chi connectivity index (χ4v) is 6.39. The molecule has 2 bridgehead atoms. The highest BCUT2D eigenvalue weighted by Crippen LogP contribution is 2.67. The van der Waals surface area contributed by atoms with E-state index in [1.165, 1.54) is 0 Å². The van der Waals surface area contributed by atoms with Crippen LogP contribution in [-0.2, 0) is 14.4 Å². The van der Waals surface area contributed by atoms with E-state index in [9.17, 15) is 19.5 Å². The molecule has 0 radical (unpaired) electrons. The van der Waals surface area contributed by atoms with E-state index in [0.29, 0.717) is 19.3 Å². The van der Waals surface area contributed by atoms with E-state index in [0.717, 1.165) is 22.3 Å². The summed E-state index contributed by atoms with van der Waals surface area (Å²) in [6, 6.07) is 0. The summed E-state index contributed by atoms with van der Waals surface area (Å²) in [5.74, 6) is -2.00. The Balaban J connectivity index is 3.13. The van der Waals surface area contributed by atoms with Gasteiger partial charge in [-0.2, -0.15) is 0 Å². The highest BCUT2D eigenvalue weighted by atomic mass is 16.3. The Labute approximate surface area is 231 Å². The van der Waals surface area contributed by atoms with E-state index in [2.05, 4.69) is 12.2 Å². The predicted octanol–water partition coefficient (Wildman–Crippen LogP) is 8.60. The van der Waals surface area contributed by atoms with Gasteiger partial charge in [-0.05, 0) is 93.4 Å². The highest BCUT2D eigenvalue weighted by Gasteiger charge is 2.75. The molecule has 4 nitrogen and oxygen atoms in total. The van der Waals surface area contributed by atoms with Crippen molar-refractivity contribution in [3.63, 3.8) is 0 Å². The largest absolute Gasteiger partial charge is 0.511 e. The molecule has 4 unspecified atom stereocenters. The van der Waals surface area contributed by atoms with Gasteiger partial charge in [0.2, 0.25) is 0 Å². The Kier molecular flexibility index (Phi) is 9.78. The van der Waals surface area contributed by atoms with Crippen LogP contribution in [0, 0.1) is 28.1 Å². The van der Waals surface area contributed by atoms with Crippen LogP contribution in [0.25, 0.3) is 0 Å². The van der Waals surface area contributed by atoms with Crippen molar-refractivity contribution in [2.24, 2.45) is 28.1 Å². The quantitative estimate of drug-likeness (QED) is 0.230. The molecule has 2 aliphatic carbocycles. The molecule has 0 heterocycles. The van der Waals surface area contributed by atoms with Crippen molar-refractivity contribution in [3.05, 3.63) is 57.9 Å². The van der Waals surface area contributed by atoms with Crippen LogP contribution in [0.2, 0.25) is 0 Å². The van der Waals surface area contributed by atoms with E-state index in [1.807, 2.05) is 74.5 Å². The number of ketones is 3. The molecule has 2 aliphatic rings. The lowest BCUT2D eigenvalue weighted by molar-refractivity contribution is -0.179. The zero-order valence-corrected chi connectivity index (χ0v) is 25.7. The van der Waals surface area contributed by atoms with Gasteiger partial charge in [0, 0.05) is 16.9 Å². The molecule has 0 aromatic heterocycles. The number of allylic oxidation sites excluding steroid dienone is 10. The minimum Gasteiger partial charge on any atom is -0.511 e. The lowest BCUT2D eigenvalue weighted by Crippen LogP contribution is -2.71. The van der Waals surface area contributed by atoms with Gasteiger partial charge in [-0.1, -0.05) is 67.4 Å². The van der Waals surface area contributed by atoms with Crippen LogP contribution >= 0.6 is 0 Å². The number of aliphatic hydroxyl groups excluding tert-OH is 1. The van der Waals surface area contributed by atoms with E-state index in [1.54, 1.807) is 13.8 Å². The second-order valence-electron chi connectivity index (χ2n) is 13.1. The van der Waals surface area contributed by atoms with E-state index in [4.69, 9.17) is 0 Å². The minimum atomic E-state index is -1.85. The molecular weight excluding hydrogens is 472 g/mol. The van der Waals surface area contributed by atoms with Crippen LogP contribution in [-0.4, -0.2) is 22.5 Å². The summed E-state index contributed by atoms with van der Waals surface area (Å²) < 4.78 is 0. The maximum atomic E-state index is 14.9. The third-order valence-electron chi connectivity index (χ3n) is 8.69. The van der Waals surface area contributed by atoms with Gasteiger partial charge in [0.15, 0.2) is 22.8 Å². The Bertz CT molecular complexity index is 1120. The summed E-state index contributed by atoms with van der Waals surface area (Å²) >= 11 is 0. The van der Waals surface area contributed by atoms with Crippen LogP contribution in [0.4, 0.5) is 0 Å². The first kappa shape index (κ1) is 31.7. The topological polar surface area (TPSA) is 71.4 Å². The summed E-state index contributed by atoms with van der Waals surface area (Å²) in [5.41, 5.74) is 0.416. The van der Waals surface area contributed by atoms with Crippen molar-refractivity contribution >= 4 is 17.3 Å². The van der Waals surface area contributed by atoms with Crippen LogP contribution in [0.3, 0.4) is 0 Å². The van der Waals surface area contributed by atoms with Crippen molar-refractivity contribution in [2.75, 3.05) is 0 Å². The number of aliphatic hydroxyl groups is 1. The van der Waals surface area contributed by atoms with Crippen molar-refractivity contribution in [2.45, 2.75) is 108 Å². The molecule has 1 N–H and O–H groups in total. The molecule has 0 aromatic rings. The van der Waals surface area contributed by atoms with Gasteiger partial charge in [-0.25, -0.2) is 0 Å². The van der Waals surface area contributed by atoms with Gasteiger partial charge in [-0.3, -0.25) is 14.4 Å². The van der Waals surface area contributed by atoms with E-state index in [-0.39, 0.29) is 35.9 Å². The molecule has 0 spiro atoms. The zero-order valence-electron chi connectivity index (χ0n) is 25.7. The van der Waals surface area contributed by atoms with E-state index >= 15 is 0 Å². The van der Waals surface area contributed by atoms with Gasteiger partial charge >= 0.3 is 0 Å². The summed E-state index contributed by atoms with van der Waals surface area (Å²) in [5, 5.41) is 11.9. The third kappa shape index (κ3) is 5.33. The molecule has 0 aromatic carbocycles. The predicted molar refractivity (Wildman–Crippen MR) is 157 cm³/mol. The number of carbonyl (C=O) groups is 3. The summed E-state index contributed by atoms with van der Waals surface area (Å²) in [6.07, 6.45) is 10.1. The normalized spacial score (nSPS) is 28.7. The fourth-order valence-electron chi connectivity index (χ4n) is 6.39. The third-order valence-corrected chi connectivity index (χ3v) is 8.69. The van der Waals surface area contributed by atoms with Gasteiger partial charge < -0.3 is 5.11 Å². The van der Waals surface area contributed by atoms with Crippen LogP contribution < -0.4 is 0 Å². The Morgan fingerprint density at radius 3 is 1.84 bits per heavy atom. The number of hydrogen-bond donors (Lipinski definition) is 1. The van der Waals surface area contributed by atoms with Crippen molar-refractivity contribution < 1.29 is 19.5 Å². The SMILES string of the molecule is CC(C)=CCC1=C(O)C2(CC=C(C)C)CC(CC=C(C)C)C(C)(CC=C(C)C)C(C(=O)C(C)C)(C1=O)C2=O. The Morgan fingerprint density at radius 1 is 0.868 bits per heavy atom. The maximum absolute atomic E-state index is 14.9. The zero-order chi connectivity index (χ0) is 29.2. The molecular formula is C34H50O4. The molecule has 0 aliphatic heterocycles. The van der Waals surface area contributed by atoms with Gasteiger partial charge in [0.1, 0.15) is 5.76 Å². The van der Waals surface area contributed by atoms with Crippen LogP contribution in [0.1, 0.15) is 108 Å². The number of carbonyl (C=O) groups excluding carboxylic acids is 3. The van der Waals surface area contributed by atoms with Crippen LogP contribution in [0.5, 0.6) is 0 Å². The van der Waals surface area contributed by atoms with Gasteiger partial charge in [-0.15, -0.1) is 0 Å². The summed E-state index contributed by atoms with van der Waals surface area (Å²) in [4.78, 5) is 44.1. The van der Waals surface area contributed by atoms with Crippen molar-refractivity contribution in [3.8, 4) is 0 Å². The standard InChI is InChI=1S/C34H50O4/c1-21(2)12-14-26-20-33(19-17-24(7)8)29(36)27(15-13-22(3)4)30(37)34(31(33)38,28(35)25(9)10)32(26,11)18-16-23(5)6/h12-13,16-17,25-26,36H,14-15,18-20H2,1-11H3. The second kappa shape index (κ2) is 11.7.